The van der Waals surface area contributed by atoms with Crippen molar-refractivity contribution in [3.05, 3.63) is 29.8 Å². The molecule has 7 nitrogen and oxygen atoms in total. The highest BCUT2D eigenvalue weighted by atomic mass is 16.2. The van der Waals surface area contributed by atoms with Crippen molar-refractivity contribution < 1.29 is 14.4 Å². The molecule has 0 spiro atoms. The van der Waals surface area contributed by atoms with Gasteiger partial charge in [0.1, 0.15) is 0 Å². The van der Waals surface area contributed by atoms with Gasteiger partial charge in [0.15, 0.2) is 0 Å². The first-order valence-corrected chi connectivity index (χ1v) is 7.14. The number of nitrogens with one attached hydrogen (secondary N) is 3. The van der Waals surface area contributed by atoms with Crippen LogP contribution in [0.15, 0.2) is 24.3 Å². The number of amides is 3. The lowest BCUT2D eigenvalue weighted by molar-refractivity contribution is -0.118. The monoisotopic (exact) mass is 306 g/mol. The normalized spacial score (nSPS) is 10.0. The second kappa shape index (κ2) is 9.51. The Balaban J connectivity index is 2.62. The first-order chi connectivity index (χ1) is 10.5. The van der Waals surface area contributed by atoms with Crippen LogP contribution in [0.2, 0.25) is 0 Å². The van der Waals surface area contributed by atoms with Gasteiger partial charge in [0.25, 0.3) is 5.91 Å². The fraction of sp³-hybridized carbons (Fsp3) is 0.400. The molecule has 0 saturated carbocycles. The number of carbonyl (C=O) groups is 3. The number of rotatable bonds is 9. The summed E-state index contributed by atoms with van der Waals surface area (Å²) >= 11 is 0. The maximum atomic E-state index is 12.1. The molecule has 5 N–H and O–H groups in total. The number of primary amides is 1. The fourth-order valence-corrected chi connectivity index (χ4v) is 1.82. The van der Waals surface area contributed by atoms with E-state index in [1.54, 1.807) is 24.3 Å². The zero-order valence-electron chi connectivity index (χ0n) is 12.6. The number of nitrogens with two attached hydrogens (primary N) is 1. The molecule has 0 saturated heterocycles. The predicted molar refractivity (Wildman–Crippen MR) is 84.4 cm³/mol. The Morgan fingerprint density at radius 1 is 1.09 bits per heavy atom. The van der Waals surface area contributed by atoms with Gasteiger partial charge in [-0.1, -0.05) is 12.1 Å². The van der Waals surface area contributed by atoms with Crippen molar-refractivity contribution in [3.8, 4) is 0 Å². The summed E-state index contributed by atoms with van der Waals surface area (Å²) in [6.07, 6.45) is 1.16. The largest absolute Gasteiger partial charge is 0.370 e. The number of para-hydroxylation sites is 1. The molecule has 0 aliphatic rings. The van der Waals surface area contributed by atoms with Crippen molar-refractivity contribution in [2.24, 2.45) is 5.73 Å². The summed E-state index contributed by atoms with van der Waals surface area (Å²) in [5.41, 5.74) is 5.83. The molecule has 1 rings (SSSR count). The second-order valence-electron chi connectivity index (χ2n) is 4.77. The van der Waals surface area contributed by atoms with E-state index in [9.17, 15) is 14.4 Å². The van der Waals surface area contributed by atoms with Gasteiger partial charge in [0.2, 0.25) is 11.8 Å². The van der Waals surface area contributed by atoms with Gasteiger partial charge < -0.3 is 21.7 Å². The lowest BCUT2D eigenvalue weighted by Crippen LogP contribution is -2.28. The van der Waals surface area contributed by atoms with Crippen molar-refractivity contribution in [3.63, 3.8) is 0 Å². The number of benzene rings is 1. The van der Waals surface area contributed by atoms with Gasteiger partial charge in [0, 0.05) is 19.4 Å². The number of hydrogen-bond acceptors (Lipinski definition) is 4. The Morgan fingerprint density at radius 3 is 2.50 bits per heavy atom. The quantitative estimate of drug-likeness (QED) is 0.489. The van der Waals surface area contributed by atoms with E-state index in [-0.39, 0.29) is 24.8 Å². The van der Waals surface area contributed by atoms with Crippen LogP contribution < -0.4 is 21.7 Å². The Labute approximate surface area is 129 Å². The Bertz CT molecular complexity index is 531. The number of carbonyl (C=O) groups excluding carboxylic acids is 3. The standard InChI is InChI=1S/C15H22N4O3/c1-17-9-4-7-14(21)19-12-6-3-2-5-11(12)15(22)18-10-8-13(16)20/h2-3,5-6,17H,4,7-10H2,1H3,(H2,16,20)(H,18,22)(H,19,21). The van der Waals surface area contributed by atoms with Gasteiger partial charge in [-0.3, -0.25) is 14.4 Å². The Hall–Kier alpha value is -2.41. The van der Waals surface area contributed by atoms with E-state index in [1.165, 1.54) is 0 Å². The molecular formula is C15H22N4O3. The summed E-state index contributed by atoms with van der Waals surface area (Å²) in [5, 5.41) is 8.29. The van der Waals surface area contributed by atoms with Gasteiger partial charge in [-0.05, 0) is 32.1 Å². The van der Waals surface area contributed by atoms with Gasteiger partial charge in [-0.25, -0.2) is 0 Å². The number of hydrogen-bond donors (Lipinski definition) is 4. The molecule has 0 aromatic heterocycles. The molecule has 1 aromatic rings. The Kier molecular flexibility index (Phi) is 7.63. The predicted octanol–water partition coefficient (Wildman–Crippen LogP) is 0.230. The van der Waals surface area contributed by atoms with E-state index in [4.69, 9.17) is 5.73 Å². The lowest BCUT2D eigenvalue weighted by atomic mass is 10.1. The third-order valence-corrected chi connectivity index (χ3v) is 2.93. The average molecular weight is 306 g/mol. The average Bonchev–Trinajstić information content (AvgIpc) is 2.47. The summed E-state index contributed by atoms with van der Waals surface area (Å²) < 4.78 is 0. The second-order valence-corrected chi connectivity index (χ2v) is 4.77. The molecule has 120 valence electrons. The van der Waals surface area contributed by atoms with E-state index >= 15 is 0 Å². The van der Waals surface area contributed by atoms with Crippen LogP contribution in [-0.2, 0) is 9.59 Å². The number of anilines is 1. The smallest absolute Gasteiger partial charge is 0.253 e. The highest BCUT2D eigenvalue weighted by molar-refractivity contribution is 6.03. The van der Waals surface area contributed by atoms with Crippen LogP contribution >= 0.6 is 0 Å². The van der Waals surface area contributed by atoms with Gasteiger partial charge in [-0.2, -0.15) is 0 Å². The lowest BCUT2D eigenvalue weighted by Gasteiger charge is -2.11. The molecule has 0 aliphatic carbocycles. The first kappa shape index (κ1) is 17.6. The van der Waals surface area contributed by atoms with Crippen LogP contribution in [0.1, 0.15) is 29.6 Å². The minimum absolute atomic E-state index is 0.0737. The van der Waals surface area contributed by atoms with E-state index in [2.05, 4.69) is 16.0 Å². The summed E-state index contributed by atoms with van der Waals surface area (Å²) in [6, 6.07) is 6.73. The maximum Gasteiger partial charge on any atom is 0.253 e. The highest BCUT2D eigenvalue weighted by Gasteiger charge is 2.12. The molecule has 0 heterocycles. The van der Waals surface area contributed by atoms with Crippen LogP contribution in [0.5, 0.6) is 0 Å². The molecule has 1 aromatic carbocycles. The molecule has 22 heavy (non-hydrogen) atoms. The van der Waals surface area contributed by atoms with Crippen LogP contribution in [0, 0.1) is 0 Å². The Morgan fingerprint density at radius 2 is 1.82 bits per heavy atom. The van der Waals surface area contributed by atoms with Gasteiger partial charge in [0.05, 0.1) is 11.3 Å². The molecule has 0 fully saturated rings. The summed E-state index contributed by atoms with van der Waals surface area (Å²) in [5.74, 6) is -0.980. The van der Waals surface area contributed by atoms with Crippen LogP contribution in [0.3, 0.4) is 0 Å². The molecule has 0 aliphatic heterocycles. The van der Waals surface area contributed by atoms with Gasteiger partial charge in [-0.15, -0.1) is 0 Å². The third-order valence-electron chi connectivity index (χ3n) is 2.93. The minimum atomic E-state index is -0.480. The molecule has 0 atom stereocenters. The molecule has 0 unspecified atom stereocenters. The van der Waals surface area contributed by atoms with Crippen molar-refractivity contribution in [1.82, 2.24) is 10.6 Å². The topological polar surface area (TPSA) is 113 Å². The van der Waals surface area contributed by atoms with Crippen molar-refractivity contribution in [1.29, 1.82) is 0 Å². The van der Waals surface area contributed by atoms with Gasteiger partial charge >= 0.3 is 0 Å². The van der Waals surface area contributed by atoms with Crippen molar-refractivity contribution in [2.45, 2.75) is 19.3 Å². The maximum absolute atomic E-state index is 12.1. The van der Waals surface area contributed by atoms with E-state index in [1.807, 2.05) is 7.05 Å². The third kappa shape index (κ3) is 6.36. The first-order valence-electron chi connectivity index (χ1n) is 7.14. The molecule has 0 bridgehead atoms. The zero-order chi connectivity index (χ0) is 16.4. The van der Waals surface area contributed by atoms with Crippen LogP contribution in [-0.4, -0.2) is 37.9 Å². The molecule has 3 amide bonds. The van der Waals surface area contributed by atoms with E-state index in [0.717, 1.165) is 13.0 Å². The van der Waals surface area contributed by atoms with Crippen molar-refractivity contribution in [2.75, 3.05) is 25.5 Å². The minimum Gasteiger partial charge on any atom is -0.370 e. The summed E-state index contributed by atoms with van der Waals surface area (Å²) in [7, 11) is 1.82. The molecule has 7 heteroatoms. The fourth-order valence-electron chi connectivity index (χ4n) is 1.82. The van der Waals surface area contributed by atoms with Crippen molar-refractivity contribution >= 4 is 23.4 Å². The molecular weight excluding hydrogens is 284 g/mol. The highest BCUT2D eigenvalue weighted by Crippen LogP contribution is 2.15. The van der Waals surface area contributed by atoms with Crippen LogP contribution in [0.25, 0.3) is 0 Å². The summed E-state index contributed by atoms with van der Waals surface area (Å²) in [4.78, 5) is 34.6. The van der Waals surface area contributed by atoms with Crippen LogP contribution in [0.4, 0.5) is 5.69 Å². The SMILES string of the molecule is CNCCCC(=O)Nc1ccccc1C(=O)NCCC(N)=O. The van der Waals surface area contributed by atoms with E-state index in [0.29, 0.717) is 17.7 Å². The van der Waals surface area contributed by atoms with E-state index < -0.39 is 5.91 Å². The molecule has 0 radical (unpaired) electrons. The summed E-state index contributed by atoms with van der Waals surface area (Å²) in [6.45, 7) is 0.918. The zero-order valence-corrected chi connectivity index (χ0v) is 12.6.